The average Bonchev–Trinajstić information content (AvgIpc) is 3.20. The van der Waals surface area contributed by atoms with E-state index in [1.807, 2.05) is 0 Å². The molecular formula is C13H20ClNO4. The molecular weight excluding hydrogens is 270 g/mol. The van der Waals surface area contributed by atoms with Gasteiger partial charge in [-0.1, -0.05) is 0 Å². The second kappa shape index (κ2) is 6.32. The Morgan fingerprint density at radius 1 is 1.26 bits per heavy atom. The number of nitrogens with two attached hydrogens (primary N) is 1. The molecule has 1 fully saturated rings. The Balaban J connectivity index is 0.00000180. The minimum absolute atomic E-state index is 0. The summed E-state index contributed by atoms with van der Waals surface area (Å²) in [6.45, 7) is 0. The molecule has 2 atom stereocenters. The van der Waals surface area contributed by atoms with E-state index in [0.29, 0.717) is 17.1 Å². The van der Waals surface area contributed by atoms with Gasteiger partial charge in [-0.25, -0.2) is 0 Å². The van der Waals surface area contributed by atoms with Crippen LogP contribution in [0.1, 0.15) is 24.4 Å². The summed E-state index contributed by atoms with van der Waals surface area (Å²) in [4.78, 5) is 0. The van der Waals surface area contributed by atoms with Gasteiger partial charge in [0.15, 0.2) is 0 Å². The topological polar surface area (TPSA) is 84.9 Å². The molecule has 108 valence electrons. The summed E-state index contributed by atoms with van der Waals surface area (Å²) in [6, 6.07) is 2.46. The van der Waals surface area contributed by atoms with Crippen LogP contribution in [0.5, 0.6) is 17.2 Å². The summed E-state index contributed by atoms with van der Waals surface area (Å²) >= 11 is 0. The van der Waals surface area contributed by atoms with Crippen LogP contribution >= 0.6 is 12.4 Å². The molecule has 4 N–H and O–H groups in total. The number of rotatable bonds is 5. The third-order valence-corrected chi connectivity index (χ3v) is 3.36. The number of aromatic hydroxyl groups is 1. The molecule has 1 aliphatic carbocycles. The molecule has 0 heterocycles. The zero-order chi connectivity index (χ0) is 13.3. The van der Waals surface area contributed by atoms with Gasteiger partial charge < -0.3 is 25.4 Å². The van der Waals surface area contributed by atoms with Crippen molar-refractivity contribution in [2.75, 3.05) is 14.2 Å². The normalized spacial score (nSPS) is 17.3. The van der Waals surface area contributed by atoms with Crippen LogP contribution in [0.15, 0.2) is 12.1 Å². The van der Waals surface area contributed by atoms with Gasteiger partial charge >= 0.3 is 0 Å². The number of phenols is 1. The summed E-state index contributed by atoms with van der Waals surface area (Å²) in [5, 5.41) is 20.1. The summed E-state index contributed by atoms with van der Waals surface area (Å²) in [5.41, 5.74) is 6.45. The van der Waals surface area contributed by atoms with Gasteiger partial charge in [-0.2, -0.15) is 0 Å². The van der Waals surface area contributed by atoms with E-state index in [0.717, 1.165) is 12.8 Å². The molecule has 1 aromatic carbocycles. The molecule has 1 aliphatic rings. The molecule has 0 unspecified atom stereocenters. The molecule has 1 saturated carbocycles. The van der Waals surface area contributed by atoms with Gasteiger partial charge in [0.05, 0.1) is 31.9 Å². The van der Waals surface area contributed by atoms with Crippen LogP contribution in [-0.4, -0.2) is 30.5 Å². The quantitative estimate of drug-likeness (QED) is 0.767. The largest absolute Gasteiger partial charge is 0.507 e. The second-order valence-electron chi connectivity index (χ2n) is 4.62. The van der Waals surface area contributed by atoms with Gasteiger partial charge in [0.2, 0.25) is 0 Å². The van der Waals surface area contributed by atoms with E-state index < -0.39 is 12.1 Å². The Morgan fingerprint density at radius 2 is 1.89 bits per heavy atom. The molecule has 0 bridgehead atoms. The Kier molecular flexibility index (Phi) is 5.29. The van der Waals surface area contributed by atoms with E-state index in [9.17, 15) is 10.2 Å². The highest BCUT2D eigenvalue weighted by molar-refractivity contribution is 5.85. The molecule has 0 spiro atoms. The van der Waals surface area contributed by atoms with Crippen LogP contribution in [0.25, 0.3) is 0 Å². The monoisotopic (exact) mass is 289 g/mol. The zero-order valence-electron chi connectivity index (χ0n) is 11.0. The van der Waals surface area contributed by atoms with Gasteiger partial charge in [-0.3, -0.25) is 0 Å². The van der Waals surface area contributed by atoms with Crippen molar-refractivity contribution in [3.63, 3.8) is 0 Å². The Morgan fingerprint density at radius 3 is 2.37 bits per heavy atom. The van der Waals surface area contributed by atoms with Crippen molar-refractivity contribution in [3.8, 4) is 17.2 Å². The standard InChI is InChI=1S/C13H19NO4.ClH/c1-17-8-5-9(15)11(10(6-8)18-2)12(14)13(16)7-3-4-7;/h5-7,12-13,15-16H,3-4,14H2,1-2H3;1H/t12-,13+;/m0./s1. The summed E-state index contributed by atoms with van der Waals surface area (Å²) in [7, 11) is 3.00. The maximum atomic E-state index is 10.1. The van der Waals surface area contributed by atoms with Crippen molar-refractivity contribution in [3.05, 3.63) is 17.7 Å². The number of ether oxygens (including phenoxy) is 2. The fraction of sp³-hybridized carbons (Fsp3) is 0.538. The molecule has 2 rings (SSSR count). The molecule has 19 heavy (non-hydrogen) atoms. The molecule has 0 saturated heterocycles. The first-order valence-corrected chi connectivity index (χ1v) is 5.97. The number of benzene rings is 1. The number of methoxy groups -OCH3 is 2. The van der Waals surface area contributed by atoms with Crippen LogP contribution in [0.4, 0.5) is 0 Å². The van der Waals surface area contributed by atoms with E-state index in [2.05, 4.69) is 0 Å². The van der Waals surface area contributed by atoms with Gasteiger partial charge in [0.1, 0.15) is 17.2 Å². The lowest BCUT2D eigenvalue weighted by molar-refractivity contribution is 0.120. The molecule has 6 heteroatoms. The average molecular weight is 290 g/mol. The van der Waals surface area contributed by atoms with Gasteiger partial charge in [0, 0.05) is 12.1 Å². The van der Waals surface area contributed by atoms with Crippen LogP contribution in [-0.2, 0) is 0 Å². The third-order valence-electron chi connectivity index (χ3n) is 3.36. The van der Waals surface area contributed by atoms with E-state index in [1.54, 1.807) is 6.07 Å². The minimum atomic E-state index is -0.654. The first-order valence-electron chi connectivity index (χ1n) is 5.97. The second-order valence-corrected chi connectivity index (χ2v) is 4.62. The van der Waals surface area contributed by atoms with Crippen molar-refractivity contribution in [2.45, 2.75) is 25.0 Å². The molecule has 1 aromatic rings. The number of aliphatic hydroxyl groups is 1. The lowest BCUT2D eigenvalue weighted by Crippen LogP contribution is -2.28. The van der Waals surface area contributed by atoms with E-state index >= 15 is 0 Å². The zero-order valence-corrected chi connectivity index (χ0v) is 11.8. The van der Waals surface area contributed by atoms with Crippen molar-refractivity contribution in [1.29, 1.82) is 0 Å². The van der Waals surface area contributed by atoms with Gasteiger partial charge in [-0.15, -0.1) is 12.4 Å². The maximum Gasteiger partial charge on any atom is 0.131 e. The van der Waals surface area contributed by atoms with Crippen molar-refractivity contribution < 1.29 is 19.7 Å². The third kappa shape index (κ3) is 3.23. The first-order chi connectivity index (χ1) is 8.58. The van der Waals surface area contributed by atoms with Crippen LogP contribution < -0.4 is 15.2 Å². The minimum Gasteiger partial charge on any atom is -0.507 e. The summed E-state index contributed by atoms with van der Waals surface area (Å²) < 4.78 is 10.3. The molecule has 0 aromatic heterocycles. The van der Waals surface area contributed by atoms with E-state index in [1.165, 1.54) is 20.3 Å². The molecule has 0 aliphatic heterocycles. The van der Waals surface area contributed by atoms with Gasteiger partial charge in [0.25, 0.3) is 0 Å². The molecule has 0 radical (unpaired) electrons. The highest BCUT2D eigenvalue weighted by Crippen LogP contribution is 2.43. The Bertz CT molecular complexity index is 437. The fourth-order valence-electron chi connectivity index (χ4n) is 2.11. The van der Waals surface area contributed by atoms with E-state index in [-0.39, 0.29) is 24.1 Å². The van der Waals surface area contributed by atoms with Crippen LogP contribution in [0.2, 0.25) is 0 Å². The first kappa shape index (κ1) is 15.9. The highest BCUT2D eigenvalue weighted by Gasteiger charge is 2.36. The highest BCUT2D eigenvalue weighted by atomic mass is 35.5. The number of hydrogen-bond donors (Lipinski definition) is 3. The SMILES string of the molecule is COc1cc(O)c([C@H](N)[C@H](O)C2CC2)c(OC)c1.Cl. The Hall–Kier alpha value is -1.17. The smallest absolute Gasteiger partial charge is 0.131 e. The molecule has 5 nitrogen and oxygen atoms in total. The Labute approximate surface area is 118 Å². The van der Waals surface area contributed by atoms with Crippen molar-refractivity contribution in [1.82, 2.24) is 0 Å². The number of halogens is 1. The lowest BCUT2D eigenvalue weighted by Gasteiger charge is -2.22. The predicted molar refractivity (Wildman–Crippen MR) is 74.1 cm³/mol. The molecule has 0 amide bonds. The maximum absolute atomic E-state index is 10.1. The van der Waals surface area contributed by atoms with Gasteiger partial charge in [-0.05, 0) is 18.8 Å². The van der Waals surface area contributed by atoms with Crippen molar-refractivity contribution in [2.24, 2.45) is 11.7 Å². The van der Waals surface area contributed by atoms with E-state index in [4.69, 9.17) is 15.2 Å². The van der Waals surface area contributed by atoms with Crippen LogP contribution in [0, 0.1) is 5.92 Å². The number of phenolic OH excluding ortho intramolecular Hbond substituents is 1. The van der Waals surface area contributed by atoms with Crippen LogP contribution in [0.3, 0.4) is 0 Å². The number of aliphatic hydroxyl groups excluding tert-OH is 1. The summed E-state index contributed by atoms with van der Waals surface area (Å²) in [6.07, 6.45) is 1.31. The summed E-state index contributed by atoms with van der Waals surface area (Å²) in [5.74, 6) is 1.13. The number of hydrogen-bond acceptors (Lipinski definition) is 5. The lowest BCUT2D eigenvalue weighted by atomic mass is 9.97. The van der Waals surface area contributed by atoms with Crippen molar-refractivity contribution >= 4 is 12.4 Å². The predicted octanol–water partition coefficient (Wildman–Crippen LogP) is 1.60. The fourth-order valence-corrected chi connectivity index (χ4v) is 2.11.